The average molecular weight is 304 g/mol. The molecular weight excluding hydrogens is 286 g/mol. The zero-order valence-electron chi connectivity index (χ0n) is 10.9. The zero-order valence-corrected chi connectivity index (χ0v) is 12.5. The highest BCUT2D eigenvalue weighted by molar-refractivity contribution is 7.98. The number of aromatic nitrogens is 1. The summed E-state index contributed by atoms with van der Waals surface area (Å²) in [7, 11) is 0. The predicted molar refractivity (Wildman–Crippen MR) is 81.2 cm³/mol. The number of anilines is 1. The van der Waals surface area contributed by atoms with Crippen molar-refractivity contribution in [2.75, 3.05) is 23.9 Å². The topological polar surface area (TPSA) is 68.1 Å². The van der Waals surface area contributed by atoms with E-state index in [9.17, 15) is 10.1 Å². The van der Waals surface area contributed by atoms with E-state index < -0.39 is 4.92 Å². The largest absolute Gasteiger partial charge is 0.369 e. The summed E-state index contributed by atoms with van der Waals surface area (Å²) in [5, 5.41) is 13.9. The fourth-order valence-electron chi connectivity index (χ4n) is 1.59. The lowest BCUT2D eigenvalue weighted by atomic mass is 10.2. The van der Waals surface area contributed by atoms with Crippen molar-refractivity contribution < 1.29 is 4.92 Å². The smallest absolute Gasteiger partial charge is 0.289 e. The third-order valence-corrected chi connectivity index (χ3v) is 3.59. The van der Waals surface area contributed by atoms with Gasteiger partial charge in [-0.1, -0.05) is 24.4 Å². The van der Waals surface area contributed by atoms with E-state index in [2.05, 4.69) is 16.6 Å². The minimum atomic E-state index is -0.506. The van der Waals surface area contributed by atoms with Crippen molar-refractivity contribution in [3.8, 4) is 0 Å². The Balaban J connectivity index is 2.28. The van der Waals surface area contributed by atoms with Gasteiger partial charge >= 0.3 is 0 Å². The zero-order chi connectivity index (χ0) is 14.1. The molecule has 0 fully saturated rings. The number of hydrogen-bond acceptors (Lipinski definition) is 5. The lowest BCUT2D eigenvalue weighted by Crippen LogP contribution is -2.04. The lowest BCUT2D eigenvalue weighted by molar-refractivity contribution is -0.385. The Bertz CT molecular complexity index is 418. The van der Waals surface area contributed by atoms with Gasteiger partial charge in [0.2, 0.25) is 0 Å². The van der Waals surface area contributed by atoms with Gasteiger partial charge in [0.15, 0.2) is 0 Å². The van der Waals surface area contributed by atoms with Gasteiger partial charge in [-0.05, 0) is 24.9 Å². The Morgan fingerprint density at radius 2 is 2.16 bits per heavy atom. The molecule has 0 spiro atoms. The number of nitrogens with one attached hydrogen (secondary N) is 1. The van der Waals surface area contributed by atoms with E-state index in [0.717, 1.165) is 19.4 Å². The monoisotopic (exact) mass is 303 g/mol. The quantitative estimate of drug-likeness (QED) is 0.424. The van der Waals surface area contributed by atoms with Gasteiger partial charge in [-0.15, -0.1) is 0 Å². The number of nitro groups is 1. The van der Waals surface area contributed by atoms with E-state index in [0.29, 0.717) is 5.82 Å². The van der Waals surface area contributed by atoms with Crippen molar-refractivity contribution in [1.82, 2.24) is 4.98 Å². The molecule has 1 heterocycles. The highest BCUT2D eigenvalue weighted by Gasteiger charge is 2.10. The Morgan fingerprint density at radius 3 is 2.79 bits per heavy atom. The van der Waals surface area contributed by atoms with Gasteiger partial charge in [-0.2, -0.15) is 11.8 Å². The number of pyridine rings is 1. The van der Waals surface area contributed by atoms with Crippen molar-refractivity contribution >= 4 is 34.9 Å². The summed E-state index contributed by atoms with van der Waals surface area (Å²) in [6.07, 6.45) is 8.01. The molecule has 106 valence electrons. The van der Waals surface area contributed by atoms with E-state index in [1.54, 1.807) is 0 Å². The number of hydrogen-bond donors (Lipinski definition) is 1. The molecule has 0 aromatic carbocycles. The molecular formula is C12H18ClN3O2S. The van der Waals surface area contributed by atoms with E-state index in [1.807, 2.05) is 11.8 Å². The molecule has 19 heavy (non-hydrogen) atoms. The first kappa shape index (κ1) is 16.0. The molecule has 0 atom stereocenters. The molecule has 0 aliphatic heterocycles. The SMILES string of the molecule is CSCCCCCCNc1ncc([N+](=O)[O-])cc1Cl. The third kappa shape index (κ3) is 6.11. The van der Waals surface area contributed by atoms with Crippen LogP contribution in [0.1, 0.15) is 25.7 Å². The normalized spacial score (nSPS) is 10.4. The van der Waals surface area contributed by atoms with Gasteiger partial charge in [0.25, 0.3) is 5.69 Å². The molecule has 5 nitrogen and oxygen atoms in total. The predicted octanol–water partition coefficient (Wildman–Crippen LogP) is 3.98. The van der Waals surface area contributed by atoms with Gasteiger partial charge < -0.3 is 5.32 Å². The summed E-state index contributed by atoms with van der Waals surface area (Å²) in [4.78, 5) is 14.0. The van der Waals surface area contributed by atoms with Crippen LogP contribution in [0.3, 0.4) is 0 Å². The van der Waals surface area contributed by atoms with E-state index >= 15 is 0 Å². The first-order chi connectivity index (χ1) is 9.15. The van der Waals surface area contributed by atoms with Crippen LogP contribution in [0.5, 0.6) is 0 Å². The van der Waals surface area contributed by atoms with Crippen LogP contribution in [0.2, 0.25) is 5.02 Å². The molecule has 1 rings (SSSR count). The molecule has 0 unspecified atom stereocenters. The van der Waals surface area contributed by atoms with Gasteiger partial charge in [-0.25, -0.2) is 4.98 Å². The van der Waals surface area contributed by atoms with Gasteiger partial charge in [0.05, 0.1) is 9.95 Å². The Morgan fingerprint density at radius 1 is 1.42 bits per heavy atom. The number of nitrogens with zero attached hydrogens (tertiary/aromatic N) is 2. The van der Waals surface area contributed by atoms with Crippen LogP contribution in [0.25, 0.3) is 0 Å². The number of thioether (sulfide) groups is 1. The second-order valence-corrected chi connectivity index (χ2v) is 5.51. The molecule has 0 amide bonds. The van der Waals surface area contributed by atoms with Gasteiger partial charge in [0, 0.05) is 12.6 Å². The number of unbranched alkanes of at least 4 members (excludes halogenated alkanes) is 3. The third-order valence-electron chi connectivity index (χ3n) is 2.61. The summed E-state index contributed by atoms with van der Waals surface area (Å²) in [5.41, 5.74) is -0.0902. The van der Waals surface area contributed by atoms with E-state index in [1.165, 1.54) is 30.9 Å². The Kier molecular flexibility index (Phi) is 7.59. The summed E-state index contributed by atoms with van der Waals surface area (Å²) < 4.78 is 0. The van der Waals surface area contributed by atoms with Crippen molar-refractivity contribution in [1.29, 1.82) is 0 Å². The van der Waals surface area contributed by atoms with Crippen LogP contribution in [0, 0.1) is 10.1 Å². The number of rotatable bonds is 9. The van der Waals surface area contributed by atoms with Crippen LogP contribution in [-0.4, -0.2) is 28.5 Å². The maximum atomic E-state index is 10.5. The first-order valence-corrected chi connectivity index (χ1v) is 7.95. The minimum absolute atomic E-state index is 0.0902. The highest BCUT2D eigenvalue weighted by Crippen LogP contribution is 2.23. The summed E-state index contributed by atoms with van der Waals surface area (Å²) >= 11 is 7.79. The fourth-order valence-corrected chi connectivity index (χ4v) is 2.31. The van der Waals surface area contributed by atoms with Crippen LogP contribution < -0.4 is 5.32 Å². The maximum Gasteiger partial charge on any atom is 0.289 e. The van der Waals surface area contributed by atoms with E-state index in [4.69, 9.17) is 11.6 Å². The van der Waals surface area contributed by atoms with Gasteiger partial charge in [-0.3, -0.25) is 10.1 Å². The van der Waals surface area contributed by atoms with Crippen molar-refractivity contribution in [3.05, 3.63) is 27.4 Å². The lowest BCUT2D eigenvalue weighted by Gasteiger charge is -2.06. The highest BCUT2D eigenvalue weighted by atomic mass is 35.5. The van der Waals surface area contributed by atoms with Crippen LogP contribution in [-0.2, 0) is 0 Å². The van der Waals surface area contributed by atoms with Gasteiger partial charge in [0.1, 0.15) is 12.0 Å². The minimum Gasteiger partial charge on any atom is -0.369 e. The van der Waals surface area contributed by atoms with Crippen molar-refractivity contribution in [2.24, 2.45) is 0 Å². The summed E-state index contributed by atoms with van der Waals surface area (Å²) in [5.74, 6) is 1.72. The maximum absolute atomic E-state index is 10.5. The average Bonchev–Trinajstić information content (AvgIpc) is 2.39. The van der Waals surface area contributed by atoms with Crippen molar-refractivity contribution in [3.63, 3.8) is 0 Å². The molecule has 1 aromatic rings. The summed E-state index contributed by atoms with van der Waals surface area (Å²) in [6, 6.07) is 1.31. The van der Waals surface area contributed by atoms with Crippen LogP contribution in [0.4, 0.5) is 11.5 Å². The number of halogens is 1. The Hall–Kier alpha value is -1.01. The second-order valence-electron chi connectivity index (χ2n) is 4.11. The molecule has 0 aliphatic carbocycles. The molecule has 0 saturated carbocycles. The second kappa shape index (κ2) is 8.98. The molecule has 7 heteroatoms. The molecule has 0 aliphatic rings. The van der Waals surface area contributed by atoms with Crippen LogP contribution in [0.15, 0.2) is 12.3 Å². The standard InChI is InChI=1S/C12H18ClN3O2S/c1-19-7-5-3-2-4-6-14-12-11(13)8-10(9-15-12)16(17)18/h8-9H,2-7H2,1H3,(H,14,15). The first-order valence-electron chi connectivity index (χ1n) is 6.18. The van der Waals surface area contributed by atoms with Crippen molar-refractivity contribution in [2.45, 2.75) is 25.7 Å². The Labute approximate surface area is 122 Å². The molecule has 0 bridgehead atoms. The molecule has 0 radical (unpaired) electrons. The van der Waals surface area contributed by atoms with Crippen LogP contribution >= 0.6 is 23.4 Å². The van der Waals surface area contributed by atoms with E-state index in [-0.39, 0.29) is 10.7 Å². The molecule has 1 aromatic heterocycles. The molecule has 0 saturated heterocycles. The summed E-state index contributed by atoms with van der Waals surface area (Å²) in [6.45, 7) is 0.782. The molecule has 1 N–H and O–H groups in total. The fraction of sp³-hybridized carbons (Fsp3) is 0.583.